The summed E-state index contributed by atoms with van der Waals surface area (Å²) in [5.41, 5.74) is 12.4. The number of nitrogens with one attached hydrogen (secondary N) is 1. The Morgan fingerprint density at radius 1 is 0.400 bits per heavy atom. The average Bonchev–Trinajstić information content (AvgIpc) is 3.85. The first-order valence-electron chi connectivity index (χ1n) is 20.4. The van der Waals surface area contributed by atoms with E-state index in [2.05, 4.69) is 203 Å². The van der Waals surface area contributed by atoms with Crippen LogP contribution in [0, 0.1) is 0 Å². The summed E-state index contributed by atoms with van der Waals surface area (Å²) in [5.74, 6) is 1.51. The lowest BCUT2D eigenvalue weighted by molar-refractivity contribution is 0.674. The van der Waals surface area contributed by atoms with Crippen LogP contribution in [0.25, 0.3) is 76.9 Å². The second-order valence-corrected chi connectivity index (χ2v) is 15.4. The zero-order valence-corrected chi connectivity index (χ0v) is 32.6. The summed E-state index contributed by atoms with van der Waals surface area (Å²) in [5, 5.41) is 11.1. The molecular weight excluding hydrogens is 731 g/mol. The largest absolute Gasteiger partial charge is 0.344 e. The lowest BCUT2D eigenvalue weighted by Gasteiger charge is -2.23. The van der Waals surface area contributed by atoms with Crippen molar-refractivity contribution in [1.82, 2.24) is 14.5 Å². The molecule has 1 atom stereocenters. The number of aliphatic imine (C=N–C) groups is 2. The highest BCUT2D eigenvalue weighted by atomic mass is 15.2. The van der Waals surface area contributed by atoms with Crippen LogP contribution in [-0.2, 0) is 0 Å². The monoisotopic (exact) mass is 767 g/mol. The summed E-state index contributed by atoms with van der Waals surface area (Å²) in [4.78, 5) is 10.1. The number of benzene rings is 9. The van der Waals surface area contributed by atoms with Crippen LogP contribution < -0.4 is 5.32 Å². The predicted octanol–water partition coefficient (Wildman–Crippen LogP) is 13.2. The number of fused-ring (bicyclic) bond motifs is 8. The summed E-state index contributed by atoms with van der Waals surface area (Å²) in [7, 11) is 0. The van der Waals surface area contributed by atoms with Gasteiger partial charge in [0.15, 0.2) is 5.84 Å². The third-order valence-electron chi connectivity index (χ3n) is 12.0. The zero-order chi connectivity index (χ0) is 39.6. The molecule has 0 saturated carbocycles. The molecule has 12 rings (SSSR count). The van der Waals surface area contributed by atoms with E-state index in [1.165, 1.54) is 54.5 Å². The first-order valence-corrected chi connectivity index (χ1v) is 20.4. The van der Waals surface area contributed by atoms with Crippen LogP contribution in [0.4, 0.5) is 0 Å². The maximum atomic E-state index is 5.06. The highest BCUT2D eigenvalue weighted by Crippen LogP contribution is 2.42. The minimum absolute atomic E-state index is 0.253. The van der Waals surface area contributed by atoms with Gasteiger partial charge in [-0.25, -0.2) is 9.98 Å². The van der Waals surface area contributed by atoms with Gasteiger partial charge in [0, 0.05) is 44.0 Å². The summed E-state index contributed by atoms with van der Waals surface area (Å²) in [6, 6.07) is 75.8. The molecule has 1 aliphatic heterocycles. The highest BCUT2D eigenvalue weighted by Gasteiger charge is 2.22. The van der Waals surface area contributed by atoms with Crippen LogP contribution in [0.3, 0.4) is 0 Å². The Balaban J connectivity index is 0.997. The molecule has 2 aromatic heterocycles. The van der Waals surface area contributed by atoms with Gasteiger partial charge in [-0.05, 0) is 94.2 Å². The van der Waals surface area contributed by atoms with Gasteiger partial charge < -0.3 is 14.5 Å². The van der Waals surface area contributed by atoms with Crippen molar-refractivity contribution in [3.63, 3.8) is 0 Å². The SMILES string of the molecule is c1ccc(C2=NC(c3ccccc3)NC(c3ccc(-n4c5ccccc5c5c(-c6ccc7c(c6)c6c8ccccc8ccc6n7-c6ccccc6)cccc54)cc3)=N2)cc1. The number of nitrogens with zero attached hydrogens (tertiary/aromatic N) is 4. The Labute approximate surface area is 346 Å². The van der Waals surface area contributed by atoms with Gasteiger partial charge in [0.1, 0.15) is 12.0 Å². The molecular formula is C55H37N5. The lowest BCUT2D eigenvalue weighted by atomic mass is 9.97. The third kappa shape index (κ3) is 5.48. The van der Waals surface area contributed by atoms with E-state index < -0.39 is 0 Å². The number of hydrogen-bond acceptors (Lipinski definition) is 3. The van der Waals surface area contributed by atoms with Gasteiger partial charge in [0.25, 0.3) is 0 Å². The molecule has 0 saturated heterocycles. The number of rotatable bonds is 6. The van der Waals surface area contributed by atoms with Crippen molar-refractivity contribution in [2.45, 2.75) is 6.17 Å². The van der Waals surface area contributed by atoms with Crippen LogP contribution in [0.1, 0.15) is 22.9 Å². The zero-order valence-electron chi connectivity index (χ0n) is 32.6. The molecule has 11 aromatic rings. The van der Waals surface area contributed by atoms with Gasteiger partial charge in [0.2, 0.25) is 0 Å². The minimum Gasteiger partial charge on any atom is -0.344 e. The molecule has 5 nitrogen and oxygen atoms in total. The smallest absolute Gasteiger partial charge is 0.159 e. The fourth-order valence-electron chi connectivity index (χ4n) is 9.24. The van der Waals surface area contributed by atoms with E-state index in [-0.39, 0.29) is 6.17 Å². The van der Waals surface area contributed by atoms with Gasteiger partial charge >= 0.3 is 0 Å². The maximum absolute atomic E-state index is 5.06. The second-order valence-electron chi connectivity index (χ2n) is 15.4. The Kier molecular flexibility index (Phi) is 7.85. The van der Waals surface area contributed by atoms with Gasteiger partial charge in [0.05, 0.1) is 22.1 Å². The number of hydrogen-bond donors (Lipinski definition) is 1. The third-order valence-corrected chi connectivity index (χ3v) is 12.0. The maximum Gasteiger partial charge on any atom is 0.159 e. The first-order chi connectivity index (χ1) is 29.8. The first kappa shape index (κ1) is 34.1. The average molecular weight is 768 g/mol. The van der Waals surface area contributed by atoms with Crippen molar-refractivity contribution in [1.29, 1.82) is 0 Å². The van der Waals surface area contributed by atoms with Crippen LogP contribution in [0.15, 0.2) is 222 Å². The summed E-state index contributed by atoms with van der Waals surface area (Å²) < 4.78 is 4.80. The molecule has 3 heterocycles. The van der Waals surface area contributed by atoms with E-state index in [0.717, 1.165) is 44.9 Å². The van der Waals surface area contributed by atoms with Crippen molar-refractivity contribution < 1.29 is 0 Å². The molecule has 1 N–H and O–H groups in total. The fraction of sp³-hybridized carbons (Fsp3) is 0.0182. The fourth-order valence-corrected chi connectivity index (χ4v) is 9.24. The number of amidine groups is 2. The molecule has 0 aliphatic carbocycles. The molecule has 0 spiro atoms. The summed E-state index contributed by atoms with van der Waals surface area (Å²) in [6.45, 7) is 0. The quantitative estimate of drug-likeness (QED) is 0.180. The van der Waals surface area contributed by atoms with Gasteiger partial charge in [-0.3, -0.25) is 0 Å². The van der Waals surface area contributed by atoms with Crippen molar-refractivity contribution in [3.05, 3.63) is 229 Å². The molecule has 5 heteroatoms. The van der Waals surface area contributed by atoms with Crippen LogP contribution in [0.2, 0.25) is 0 Å². The van der Waals surface area contributed by atoms with Gasteiger partial charge in [-0.1, -0.05) is 146 Å². The van der Waals surface area contributed by atoms with E-state index in [9.17, 15) is 0 Å². The van der Waals surface area contributed by atoms with E-state index in [4.69, 9.17) is 9.98 Å². The minimum atomic E-state index is -0.253. The Morgan fingerprint density at radius 2 is 1.00 bits per heavy atom. The molecule has 0 amide bonds. The molecule has 282 valence electrons. The van der Waals surface area contributed by atoms with E-state index in [0.29, 0.717) is 5.84 Å². The second kappa shape index (κ2) is 13.8. The lowest BCUT2D eigenvalue weighted by Crippen LogP contribution is -2.33. The molecule has 0 radical (unpaired) electrons. The van der Waals surface area contributed by atoms with Crippen LogP contribution >= 0.6 is 0 Å². The summed E-state index contributed by atoms with van der Waals surface area (Å²) in [6.07, 6.45) is -0.253. The number of aromatic nitrogens is 2. The van der Waals surface area contributed by atoms with Crippen molar-refractivity contribution in [2.24, 2.45) is 9.98 Å². The van der Waals surface area contributed by atoms with Crippen LogP contribution in [-0.4, -0.2) is 20.8 Å². The molecule has 1 aliphatic rings. The van der Waals surface area contributed by atoms with Crippen molar-refractivity contribution >= 4 is 66.1 Å². The van der Waals surface area contributed by atoms with E-state index in [1.54, 1.807) is 0 Å². The topological polar surface area (TPSA) is 46.6 Å². The predicted molar refractivity (Wildman–Crippen MR) is 250 cm³/mol. The molecule has 60 heavy (non-hydrogen) atoms. The van der Waals surface area contributed by atoms with E-state index >= 15 is 0 Å². The highest BCUT2D eigenvalue weighted by molar-refractivity contribution is 6.23. The molecule has 0 bridgehead atoms. The molecule has 9 aromatic carbocycles. The molecule has 1 unspecified atom stereocenters. The van der Waals surface area contributed by atoms with Crippen molar-refractivity contribution in [2.75, 3.05) is 0 Å². The summed E-state index contributed by atoms with van der Waals surface area (Å²) >= 11 is 0. The van der Waals surface area contributed by atoms with Crippen LogP contribution in [0.5, 0.6) is 0 Å². The molecule has 0 fully saturated rings. The normalized spacial score (nSPS) is 14.2. The Hall–Kier alpha value is -8.02. The Bertz CT molecular complexity index is 3490. The van der Waals surface area contributed by atoms with E-state index in [1.807, 2.05) is 24.3 Å². The Morgan fingerprint density at radius 3 is 1.80 bits per heavy atom. The van der Waals surface area contributed by atoms with Gasteiger partial charge in [-0.2, -0.15) is 0 Å². The van der Waals surface area contributed by atoms with Crippen molar-refractivity contribution in [3.8, 4) is 22.5 Å². The van der Waals surface area contributed by atoms with Gasteiger partial charge in [-0.15, -0.1) is 0 Å². The standard InChI is InChI=1S/C55H37N5/c1-4-16-37(17-5-1)53-56-54(38-18-6-2-7-19-38)58-55(57-53)39-27-31-42(32-28-39)60-47-25-13-12-23-45(47)51-44(24-14-26-49(51)60)40-30-33-48-46(35-40)52-43-22-11-10-15-36(43)29-34-50(52)59(48)41-20-8-3-9-21-41/h1-35,53H,(H,56,57,58). The number of para-hydroxylation sites is 2.